The molecule has 1 aliphatic rings. The molecule has 64 valence electrons. The Morgan fingerprint density at radius 2 is 2.27 bits per heavy atom. The Kier molecular flexibility index (Phi) is 3.53. The zero-order valence-electron chi connectivity index (χ0n) is 7.25. The maximum absolute atomic E-state index is 9.88. The Morgan fingerprint density at radius 1 is 1.45 bits per heavy atom. The lowest BCUT2D eigenvalue weighted by atomic mass is 9.81. The van der Waals surface area contributed by atoms with Crippen LogP contribution in [0, 0.1) is 16.7 Å². The molecule has 0 bridgehead atoms. The number of nitrogens with zero attached hydrogens (tertiary/aromatic N) is 1. The monoisotopic (exact) mass is 155 g/mol. The Morgan fingerprint density at radius 3 is 2.91 bits per heavy atom. The van der Waals surface area contributed by atoms with Crippen LogP contribution in [-0.4, -0.2) is 6.54 Å². The van der Waals surface area contributed by atoms with E-state index in [2.05, 4.69) is 12.1 Å². The maximum atomic E-state index is 9.88. The van der Waals surface area contributed by atoms with Gasteiger partial charge in [0.15, 0.2) is 0 Å². The number of hydrogen-bond acceptors (Lipinski definition) is 2. The molecule has 0 aliphatic heterocycles. The van der Waals surface area contributed by atoms with Crippen LogP contribution in [0.1, 0.15) is 39.0 Å². The fourth-order valence-electron chi connectivity index (χ4n) is 2.06. The maximum Gasteiger partial charge on any atom is 0.0813 e. The van der Waals surface area contributed by atoms with E-state index in [1.165, 1.54) is 25.7 Å². The minimum Gasteiger partial charge on any atom is -0.151 e. The fourth-order valence-corrected chi connectivity index (χ4v) is 2.06. The third kappa shape index (κ3) is 3.00. The Balaban J connectivity index is 2.17. The van der Waals surface area contributed by atoms with Crippen molar-refractivity contribution < 1.29 is 0 Å². The summed E-state index contributed by atoms with van der Waals surface area (Å²) in [6.07, 6.45) is 6.39. The summed E-state index contributed by atoms with van der Waals surface area (Å²) in [7, 11) is 0. The standard InChI is InChI=1S/C9H17NO/c1-8-3-2-4-9(7-8)5-6-10-11/h8-9H,2-7H2,1H3. The lowest BCUT2D eigenvalue weighted by molar-refractivity contribution is 0.272. The van der Waals surface area contributed by atoms with Crippen molar-refractivity contribution >= 4 is 0 Å². The van der Waals surface area contributed by atoms with E-state index in [9.17, 15) is 4.91 Å². The summed E-state index contributed by atoms with van der Waals surface area (Å²) in [5.74, 6) is 1.66. The fraction of sp³-hybridized carbons (Fsp3) is 1.00. The second-order valence-corrected chi connectivity index (χ2v) is 3.78. The topological polar surface area (TPSA) is 29.4 Å². The van der Waals surface area contributed by atoms with Crippen LogP contribution in [0.25, 0.3) is 0 Å². The largest absolute Gasteiger partial charge is 0.151 e. The summed E-state index contributed by atoms with van der Waals surface area (Å²) in [5, 5.41) is 2.90. The number of hydrogen-bond donors (Lipinski definition) is 0. The smallest absolute Gasteiger partial charge is 0.0813 e. The van der Waals surface area contributed by atoms with Crippen LogP contribution < -0.4 is 0 Å². The van der Waals surface area contributed by atoms with Crippen LogP contribution in [0.15, 0.2) is 5.18 Å². The quantitative estimate of drug-likeness (QED) is 0.576. The Bertz CT molecular complexity index is 125. The predicted octanol–water partition coefficient (Wildman–Crippen LogP) is 2.97. The van der Waals surface area contributed by atoms with Gasteiger partial charge in [-0.15, -0.1) is 0 Å². The lowest BCUT2D eigenvalue weighted by Gasteiger charge is -2.25. The highest BCUT2D eigenvalue weighted by atomic mass is 16.3. The predicted molar refractivity (Wildman–Crippen MR) is 46.4 cm³/mol. The SMILES string of the molecule is CC1CCCC(CCN=O)C1. The minimum atomic E-state index is 0.525. The molecule has 0 aromatic heterocycles. The molecule has 0 radical (unpaired) electrons. The highest BCUT2D eigenvalue weighted by Crippen LogP contribution is 2.30. The molecule has 0 aromatic carbocycles. The van der Waals surface area contributed by atoms with Crippen LogP contribution in [-0.2, 0) is 0 Å². The van der Waals surface area contributed by atoms with E-state index in [-0.39, 0.29) is 0 Å². The number of nitroso groups, excluding NO2 is 1. The first-order chi connectivity index (χ1) is 5.33. The molecule has 11 heavy (non-hydrogen) atoms. The van der Waals surface area contributed by atoms with Crippen molar-refractivity contribution in [2.45, 2.75) is 39.0 Å². The highest BCUT2D eigenvalue weighted by molar-refractivity contribution is 4.70. The Labute approximate surface area is 68.3 Å². The van der Waals surface area contributed by atoms with Crippen LogP contribution in [0.5, 0.6) is 0 Å². The first kappa shape index (κ1) is 8.69. The molecule has 0 aromatic rings. The van der Waals surface area contributed by atoms with Gasteiger partial charge in [0.05, 0.1) is 6.54 Å². The van der Waals surface area contributed by atoms with Crippen molar-refractivity contribution in [3.8, 4) is 0 Å². The van der Waals surface area contributed by atoms with Crippen molar-refractivity contribution in [2.24, 2.45) is 17.0 Å². The minimum absolute atomic E-state index is 0.525. The van der Waals surface area contributed by atoms with Gasteiger partial charge in [-0.05, 0) is 24.7 Å². The summed E-state index contributed by atoms with van der Waals surface area (Å²) < 4.78 is 0. The molecule has 1 fully saturated rings. The molecule has 1 saturated carbocycles. The van der Waals surface area contributed by atoms with E-state index < -0.39 is 0 Å². The average molecular weight is 155 g/mol. The summed E-state index contributed by atoms with van der Waals surface area (Å²) >= 11 is 0. The van der Waals surface area contributed by atoms with Crippen molar-refractivity contribution in [3.63, 3.8) is 0 Å². The van der Waals surface area contributed by atoms with Crippen molar-refractivity contribution in [3.05, 3.63) is 4.91 Å². The van der Waals surface area contributed by atoms with Gasteiger partial charge in [0, 0.05) is 0 Å². The van der Waals surface area contributed by atoms with E-state index in [1.807, 2.05) is 0 Å². The van der Waals surface area contributed by atoms with Gasteiger partial charge in [0.2, 0.25) is 0 Å². The zero-order chi connectivity index (χ0) is 8.10. The molecular formula is C9H17NO. The first-order valence-corrected chi connectivity index (χ1v) is 4.62. The van der Waals surface area contributed by atoms with E-state index >= 15 is 0 Å². The summed E-state index contributed by atoms with van der Waals surface area (Å²) in [6.45, 7) is 2.83. The second-order valence-electron chi connectivity index (χ2n) is 3.78. The molecule has 1 rings (SSSR count). The molecule has 0 spiro atoms. The van der Waals surface area contributed by atoms with Gasteiger partial charge >= 0.3 is 0 Å². The molecule has 2 heteroatoms. The van der Waals surface area contributed by atoms with Crippen LogP contribution >= 0.6 is 0 Å². The van der Waals surface area contributed by atoms with Crippen LogP contribution in [0.4, 0.5) is 0 Å². The summed E-state index contributed by atoms with van der Waals surface area (Å²) in [5.41, 5.74) is 0. The molecule has 0 heterocycles. The van der Waals surface area contributed by atoms with Crippen LogP contribution in [0.3, 0.4) is 0 Å². The molecule has 0 amide bonds. The summed E-state index contributed by atoms with van der Waals surface area (Å²) in [6, 6.07) is 0. The summed E-state index contributed by atoms with van der Waals surface area (Å²) in [4.78, 5) is 9.88. The normalized spacial score (nSPS) is 31.7. The van der Waals surface area contributed by atoms with E-state index in [0.29, 0.717) is 6.54 Å². The van der Waals surface area contributed by atoms with Gasteiger partial charge in [-0.3, -0.25) is 0 Å². The molecule has 2 unspecified atom stereocenters. The second kappa shape index (κ2) is 4.47. The third-order valence-corrected chi connectivity index (χ3v) is 2.67. The molecule has 2 atom stereocenters. The molecule has 0 N–H and O–H groups in total. The molecule has 2 nitrogen and oxygen atoms in total. The van der Waals surface area contributed by atoms with E-state index in [1.54, 1.807) is 0 Å². The first-order valence-electron chi connectivity index (χ1n) is 4.62. The van der Waals surface area contributed by atoms with Crippen molar-refractivity contribution in [2.75, 3.05) is 6.54 Å². The van der Waals surface area contributed by atoms with Gasteiger partial charge in [-0.25, -0.2) is 0 Å². The van der Waals surface area contributed by atoms with E-state index in [0.717, 1.165) is 18.3 Å². The lowest BCUT2D eigenvalue weighted by Crippen LogP contribution is -2.13. The van der Waals surface area contributed by atoms with Gasteiger partial charge in [-0.2, -0.15) is 4.91 Å². The van der Waals surface area contributed by atoms with Crippen molar-refractivity contribution in [1.29, 1.82) is 0 Å². The molecule has 1 aliphatic carbocycles. The van der Waals surface area contributed by atoms with Gasteiger partial charge in [0.25, 0.3) is 0 Å². The third-order valence-electron chi connectivity index (χ3n) is 2.67. The van der Waals surface area contributed by atoms with E-state index in [4.69, 9.17) is 0 Å². The van der Waals surface area contributed by atoms with Crippen molar-refractivity contribution in [1.82, 2.24) is 0 Å². The average Bonchev–Trinajstić information content (AvgIpc) is 2.01. The van der Waals surface area contributed by atoms with Gasteiger partial charge < -0.3 is 0 Å². The highest BCUT2D eigenvalue weighted by Gasteiger charge is 2.17. The molecule has 0 saturated heterocycles. The van der Waals surface area contributed by atoms with Gasteiger partial charge in [0.1, 0.15) is 0 Å². The Hall–Kier alpha value is -0.400. The van der Waals surface area contributed by atoms with Gasteiger partial charge in [-0.1, -0.05) is 31.4 Å². The zero-order valence-corrected chi connectivity index (χ0v) is 7.25. The number of rotatable bonds is 3. The van der Waals surface area contributed by atoms with Crippen LogP contribution in [0.2, 0.25) is 0 Å². The molecular weight excluding hydrogens is 138 g/mol.